The molecule has 1 heterocycles. The van der Waals surface area contributed by atoms with E-state index in [4.69, 9.17) is 20.8 Å². The van der Waals surface area contributed by atoms with Crippen molar-refractivity contribution in [3.8, 4) is 0 Å². The second kappa shape index (κ2) is 7.41. The molecule has 26 heavy (non-hydrogen) atoms. The van der Waals surface area contributed by atoms with Crippen molar-refractivity contribution in [1.29, 1.82) is 0 Å². The van der Waals surface area contributed by atoms with Crippen molar-refractivity contribution in [3.63, 3.8) is 0 Å². The summed E-state index contributed by atoms with van der Waals surface area (Å²) in [5.41, 5.74) is -0.265. The number of anilines is 1. The molecular formula is C19H14ClNO5. The molecule has 3 rings (SSSR count). The van der Waals surface area contributed by atoms with Crippen LogP contribution >= 0.6 is 11.6 Å². The number of benzene rings is 2. The zero-order chi connectivity index (χ0) is 18.7. The highest BCUT2D eigenvalue weighted by atomic mass is 35.5. The number of nitrogens with one attached hydrogen (secondary N) is 1. The average Bonchev–Trinajstić information content (AvgIpc) is 2.61. The molecule has 0 aliphatic carbocycles. The Hall–Kier alpha value is -3.12. The van der Waals surface area contributed by atoms with E-state index in [1.54, 1.807) is 48.5 Å². The molecule has 1 amide bonds. The molecule has 1 aromatic heterocycles. The molecule has 0 saturated heterocycles. The van der Waals surface area contributed by atoms with Gasteiger partial charge in [-0.15, -0.1) is 0 Å². The van der Waals surface area contributed by atoms with Crippen LogP contribution in [-0.4, -0.2) is 18.0 Å². The topological polar surface area (TPSA) is 85.6 Å². The Morgan fingerprint density at radius 2 is 1.88 bits per heavy atom. The summed E-state index contributed by atoms with van der Waals surface area (Å²) < 4.78 is 10.2. The van der Waals surface area contributed by atoms with Crippen LogP contribution < -0.4 is 10.9 Å². The Balaban J connectivity index is 1.73. The van der Waals surface area contributed by atoms with E-state index >= 15 is 0 Å². The lowest BCUT2D eigenvalue weighted by Gasteiger charge is -2.13. The summed E-state index contributed by atoms with van der Waals surface area (Å²) in [6.45, 7) is 1.40. The second-order valence-electron chi connectivity index (χ2n) is 5.53. The number of halogens is 1. The molecule has 0 aliphatic heterocycles. The Kier molecular flexibility index (Phi) is 5.04. The van der Waals surface area contributed by atoms with E-state index < -0.39 is 23.6 Å². The molecule has 1 N–H and O–H groups in total. The van der Waals surface area contributed by atoms with Crippen LogP contribution in [0.25, 0.3) is 11.0 Å². The fraction of sp³-hybridized carbons (Fsp3) is 0.105. The van der Waals surface area contributed by atoms with Crippen molar-refractivity contribution in [3.05, 3.63) is 75.6 Å². The number of carbonyl (C=O) groups excluding carboxylic acids is 2. The Morgan fingerprint density at radius 3 is 2.65 bits per heavy atom. The summed E-state index contributed by atoms with van der Waals surface area (Å²) in [4.78, 5) is 36.4. The van der Waals surface area contributed by atoms with Crippen LogP contribution in [0.5, 0.6) is 0 Å². The van der Waals surface area contributed by atoms with Crippen molar-refractivity contribution >= 4 is 40.1 Å². The number of hydrogen-bond donors (Lipinski definition) is 1. The number of rotatable bonds is 4. The highest BCUT2D eigenvalue weighted by Gasteiger charge is 2.22. The van der Waals surface area contributed by atoms with Crippen LogP contribution in [0.1, 0.15) is 17.3 Å². The van der Waals surface area contributed by atoms with Crippen LogP contribution in [0.3, 0.4) is 0 Å². The van der Waals surface area contributed by atoms with E-state index in [1.165, 1.54) is 13.0 Å². The van der Waals surface area contributed by atoms with Gasteiger partial charge >= 0.3 is 11.6 Å². The smallest absolute Gasteiger partial charge is 0.351 e. The standard InChI is InChI=1S/C19H14ClNO5/c1-11(17(22)21-14-7-4-6-13(20)10-14)25-18(23)15-9-12-5-2-3-8-16(12)26-19(15)24/h2-11H,1H3,(H,21,22)/t11-/m1/s1. The highest BCUT2D eigenvalue weighted by Crippen LogP contribution is 2.16. The monoisotopic (exact) mass is 371 g/mol. The average molecular weight is 372 g/mol. The first-order valence-electron chi connectivity index (χ1n) is 7.74. The van der Waals surface area contributed by atoms with Gasteiger partial charge in [-0.2, -0.15) is 0 Å². The first-order chi connectivity index (χ1) is 12.4. The molecule has 0 radical (unpaired) electrons. The molecule has 0 saturated carbocycles. The maximum absolute atomic E-state index is 12.2. The first kappa shape index (κ1) is 17.7. The minimum atomic E-state index is -1.12. The van der Waals surface area contributed by atoms with Gasteiger partial charge in [-0.1, -0.05) is 35.9 Å². The molecular weight excluding hydrogens is 358 g/mol. The van der Waals surface area contributed by atoms with E-state index in [-0.39, 0.29) is 5.56 Å². The summed E-state index contributed by atoms with van der Waals surface area (Å²) >= 11 is 5.86. The molecule has 0 unspecified atom stereocenters. The summed E-state index contributed by atoms with van der Waals surface area (Å²) in [5, 5.41) is 3.62. The predicted octanol–water partition coefficient (Wildman–Crippen LogP) is 3.63. The zero-order valence-corrected chi connectivity index (χ0v) is 14.4. The summed E-state index contributed by atoms with van der Waals surface area (Å²) in [5.74, 6) is -1.48. The lowest BCUT2D eigenvalue weighted by atomic mass is 10.2. The molecule has 132 valence electrons. The Labute approximate surface area is 153 Å². The number of para-hydroxylation sites is 1. The van der Waals surface area contributed by atoms with Gasteiger partial charge in [0.25, 0.3) is 5.91 Å². The molecule has 0 bridgehead atoms. The van der Waals surface area contributed by atoms with Crippen LogP contribution in [0.2, 0.25) is 5.02 Å². The van der Waals surface area contributed by atoms with Gasteiger partial charge < -0.3 is 14.5 Å². The van der Waals surface area contributed by atoms with E-state index in [1.807, 2.05) is 0 Å². The molecule has 6 nitrogen and oxygen atoms in total. The lowest BCUT2D eigenvalue weighted by Crippen LogP contribution is -2.31. The number of ether oxygens (including phenoxy) is 1. The van der Waals surface area contributed by atoms with E-state index in [0.717, 1.165) is 0 Å². The van der Waals surface area contributed by atoms with Gasteiger partial charge in [-0.3, -0.25) is 4.79 Å². The van der Waals surface area contributed by atoms with Crippen molar-refractivity contribution in [2.75, 3.05) is 5.32 Å². The zero-order valence-electron chi connectivity index (χ0n) is 13.7. The summed E-state index contributed by atoms with van der Waals surface area (Å²) in [6.07, 6.45) is -1.12. The number of fused-ring (bicyclic) bond motifs is 1. The minimum absolute atomic E-state index is 0.272. The third-order valence-corrected chi connectivity index (χ3v) is 3.84. The third kappa shape index (κ3) is 3.92. The molecule has 0 fully saturated rings. The van der Waals surface area contributed by atoms with Crippen molar-refractivity contribution in [2.24, 2.45) is 0 Å². The van der Waals surface area contributed by atoms with Gasteiger partial charge in [0.15, 0.2) is 6.10 Å². The molecule has 3 aromatic rings. The van der Waals surface area contributed by atoms with Crippen LogP contribution in [0.4, 0.5) is 5.69 Å². The SMILES string of the molecule is C[C@@H](OC(=O)c1cc2ccccc2oc1=O)C(=O)Nc1cccc(Cl)c1. The lowest BCUT2D eigenvalue weighted by molar-refractivity contribution is -0.123. The fourth-order valence-electron chi connectivity index (χ4n) is 2.29. The maximum atomic E-state index is 12.2. The quantitative estimate of drug-likeness (QED) is 0.559. The normalized spacial score (nSPS) is 11.8. The third-order valence-electron chi connectivity index (χ3n) is 3.61. The number of amides is 1. The van der Waals surface area contributed by atoms with Gasteiger partial charge in [0.1, 0.15) is 11.1 Å². The summed E-state index contributed by atoms with van der Waals surface area (Å²) in [7, 11) is 0. The number of carbonyl (C=O) groups is 2. The Bertz CT molecular complexity index is 1040. The summed E-state index contributed by atoms with van der Waals surface area (Å²) in [6, 6.07) is 14.7. The van der Waals surface area contributed by atoms with Crippen molar-refractivity contribution < 1.29 is 18.7 Å². The van der Waals surface area contributed by atoms with Gasteiger partial charge in [-0.05, 0) is 37.3 Å². The number of esters is 1. The van der Waals surface area contributed by atoms with Crippen molar-refractivity contribution in [2.45, 2.75) is 13.0 Å². The molecule has 0 aliphatic rings. The van der Waals surface area contributed by atoms with Gasteiger partial charge in [-0.25, -0.2) is 9.59 Å². The largest absolute Gasteiger partial charge is 0.449 e. The molecule has 1 atom stereocenters. The number of hydrogen-bond acceptors (Lipinski definition) is 5. The van der Waals surface area contributed by atoms with E-state index in [2.05, 4.69) is 5.32 Å². The fourth-order valence-corrected chi connectivity index (χ4v) is 2.48. The van der Waals surface area contributed by atoms with Crippen molar-refractivity contribution in [1.82, 2.24) is 0 Å². The van der Waals surface area contributed by atoms with Crippen LogP contribution in [-0.2, 0) is 9.53 Å². The predicted molar refractivity (Wildman–Crippen MR) is 97.4 cm³/mol. The maximum Gasteiger partial charge on any atom is 0.351 e. The molecule has 2 aromatic carbocycles. The first-order valence-corrected chi connectivity index (χ1v) is 8.12. The van der Waals surface area contributed by atoms with E-state index in [9.17, 15) is 14.4 Å². The Morgan fingerprint density at radius 1 is 1.12 bits per heavy atom. The van der Waals surface area contributed by atoms with Gasteiger partial charge in [0, 0.05) is 16.1 Å². The van der Waals surface area contributed by atoms with Gasteiger partial charge in [0.2, 0.25) is 0 Å². The molecule has 7 heteroatoms. The second-order valence-corrected chi connectivity index (χ2v) is 5.97. The van der Waals surface area contributed by atoms with Crippen LogP contribution in [0.15, 0.2) is 63.8 Å². The van der Waals surface area contributed by atoms with E-state index in [0.29, 0.717) is 21.7 Å². The molecule has 0 spiro atoms. The van der Waals surface area contributed by atoms with Crippen LogP contribution in [0, 0.1) is 0 Å². The van der Waals surface area contributed by atoms with Gasteiger partial charge in [0.05, 0.1) is 0 Å². The minimum Gasteiger partial charge on any atom is -0.449 e. The highest BCUT2D eigenvalue weighted by molar-refractivity contribution is 6.30.